The molecule has 0 spiro atoms. The van der Waals surface area contributed by atoms with E-state index >= 15 is 0 Å². The third kappa shape index (κ3) is 5.61. The Balaban J connectivity index is 1.42. The van der Waals surface area contributed by atoms with Crippen LogP contribution in [0.3, 0.4) is 0 Å². The Labute approximate surface area is 203 Å². The fourth-order valence-corrected chi connectivity index (χ4v) is 4.24. The molecular weight excluding hydrogens is 420 g/mol. The minimum Gasteiger partial charge on any atom is -0.494 e. The molecule has 0 saturated carbocycles. The maximum atomic E-state index is 6.33. The molecule has 0 amide bonds. The van der Waals surface area contributed by atoms with Crippen LogP contribution in [0.5, 0.6) is 11.5 Å². The summed E-state index contributed by atoms with van der Waals surface area (Å²) in [5.74, 6) is 3.28. The molecule has 0 atom stereocenters. The number of para-hydroxylation sites is 2. The molecule has 0 radical (unpaired) electrons. The Hall–Kier alpha value is -3.27. The van der Waals surface area contributed by atoms with Crippen LogP contribution >= 0.6 is 0 Å². The van der Waals surface area contributed by atoms with Gasteiger partial charge in [0.2, 0.25) is 0 Å². The lowest BCUT2D eigenvalue weighted by Crippen LogP contribution is -2.09. The van der Waals surface area contributed by atoms with Crippen LogP contribution in [0.15, 0.2) is 60.7 Å². The lowest BCUT2D eigenvalue weighted by atomic mass is 10.0. The summed E-state index contributed by atoms with van der Waals surface area (Å²) < 4.78 is 14.6. The van der Waals surface area contributed by atoms with Gasteiger partial charge < -0.3 is 14.0 Å². The minimum absolute atomic E-state index is 0.409. The Morgan fingerprint density at radius 3 is 2.47 bits per heavy atom. The number of hydrogen-bond acceptors (Lipinski definition) is 3. The van der Waals surface area contributed by atoms with Gasteiger partial charge in [-0.05, 0) is 92.1 Å². The standard InChI is InChI=1S/C30H36N2O2/c1-21(2)26-15-12-22(3)18-29(26)34-20-30-31-27-10-6-7-11-28(27)32(30)16-8-9-17-33-25-14-13-23(4)24(5)19-25/h6-7,10-15,18-19,21H,8-9,16-17,20H2,1-5H3. The second-order valence-electron chi connectivity index (χ2n) is 9.45. The second-order valence-corrected chi connectivity index (χ2v) is 9.45. The van der Waals surface area contributed by atoms with Gasteiger partial charge >= 0.3 is 0 Å². The summed E-state index contributed by atoms with van der Waals surface area (Å²) >= 11 is 0. The number of unbranched alkanes of at least 4 members (excludes halogenated alkanes) is 1. The van der Waals surface area contributed by atoms with Gasteiger partial charge in [-0.25, -0.2) is 4.98 Å². The number of fused-ring (bicyclic) bond motifs is 1. The van der Waals surface area contributed by atoms with Gasteiger partial charge in [-0.15, -0.1) is 0 Å². The summed E-state index contributed by atoms with van der Waals surface area (Å²) in [5.41, 5.74) is 7.17. The second kappa shape index (κ2) is 10.8. The van der Waals surface area contributed by atoms with Gasteiger partial charge in [0.15, 0.2) is 0 Å². The van der Waals surface area contributed by atoms with Crippen molar-refractivity contribution in [1.82, 2.24) is 9.55 Å². The van der Waals surface area contributed by atoms with Crippen LogP contribution in [-0.4, -0.2) is 16.2 Å². The molecule has 0 saturated heterocycles. The fraction of sp³-hybridized carbons (Fsp3) is 0.367. The van der Waals surface area contributed by atoms with E-state index in [9.17, 15) is 0 Å². The lowest BCUT2D eigenvalue weighted by molar-refractivity contribution is 0.282. The Bertz CT molecular complexity index is 1260. The Morgan fingerprint density at radius 1 is 0.853 bits per heavy atom. The van der Waals surface area contributed by atoms with Crippen LogP contribution in [-0.2, 0) is 13.2 Å². The Morgan fingerprint density at radius 2 is 1.68 bits per heavy atom. The predicted molar refractivity (Wildman–Crippen MR) is 140 cm³/mol. The van der Waals surface area contributed by atoms with E-state index in [2.05, 4.69) is 93.8 Å². The summed E-state index contributed by atoms with van der Waals surface area (Å²) in [5, 5.41) is 0. The van der Waals surface area contributed by atoms with Gasteiger partial charge in [-0.2, -0.15) is 0 Å². The van der Waals surface area contributed by atoms with E-state index in [1.54, 1.807) is 0 Å². The zero-order valence-electron chi connectivity index (χ0n) is 21.1. The van der Waals surface area contributed by atoms with E-state index in [1.807, 2.05) is 6.07 Å². The highest BCUT2D eigenvalue weighted by atomic mass is 16.5. The third-order valence-corrected chi connectivity index (χ3v) is 6.40. The predicted octanol–water partition coefficient (Wildman–Crippen LogP) is 7.52. The maximum Gasteiger partial charge on any atom is 0.147 e. The van der Waals surface area contributed by atoms with Gasteiger partial charge in [-0.3, -0.25) is 0 Å². The average Bonchev–Trinajstić information content (AvgIpc) is 3.17. The smallest absolute Gasteiger partial charge is 0.147 e. The largest absolute Gasteiger partial charge is 0.494 e. The van der Waals surface area contributed by atoms with Gasteiger partial charge in [0.05, 0.1) is 17.6 Å². The first kappa shape index (κ1) is 23.9. The first-order valence-corrected chi connectivity index (χ1v) is 12.3. The van der Waals surface area contributed by atoms with Gasteiger partial charge in [0, 0.05) is 6.54 Å². The molecule has 0 aliphatic heterocycles. The number of hydrogen-bond donors (Lipinski definition) is 0. The fourth-order valence-electron chi connectivity index (χ4n) is 4.24. The van der Waals surface area contributed by atoms with Crippen molar-refractivity contribution in [3.63, 3.8) is 0 Å². The first-order valence-electron chi connectivity index (χ1n) is 12.3. The highest BCUT2D eigenvalue weighted by Gasteiger charge is 2.13. The van der Waals surface area contributed by atoms with Crippen LogP contribution in [0.4, 0.5) is 0 Å². The molecule has 4 aromatic rings. The lowest BCUT2D eigenvalue weighted by Gasteiger charge is -2.16. The molecule has 3 aromatic carbocycles. The van der Waals surface area contributed by atoms with Crippen LogP contribution in [0.2, 0.25) is 0 Å². The molecule has 4 nitrogen and oxygen atoms in total. The average molecular weight is 457 g/mol. The van der Waals surface area contributed by atoms with Crippen molar-refractivity contribution in [3.05, 3.63) is 88.7 Å². The normalized spacial score (nSPS) is 11.4. The van der Waals surface area contributed by atoms with E-state index in [0.717, 1.165) is 47.7 Å². The molecule has 0 N–H and O–H groups in total. The monoisotopic (exact) mass is 456 g/mol. The first-order chi connectivity index (χ1) is 16.4. The maximum absolute atomic E-state index is 6.33. The van der Waals surface area contributed by atoms with Gasteiger partial charge in [0.1, 0.15) is 23.9 Å². The SMILES string of the molecule is Cc1ccc(C(C)C)c(OCc2nc3ccccc3n2CCCCOc2ccc(C)c(C)c2)c1. The zero-order chi connectivity index (χ0) is 24.1. The molecule has 1 heterocycles. The summed E-state index contributed by atoms with van der Waals surface area (Å²) in [6, 6.07) is 21.1. The van der Waals surface area contributed by atoms with Crippen molar-refractivity contribution in [2.24, 2.45) is 0 Å². The number of rotatable bonds is 10. The van der Waals surface area contributed by atoms with E-state index in [0.29, 0.717) is 19.1 Å². The number of ether oxygens (including phenoxy) is 2. The number of benzene rings is 3. The molecular formula is C30H36N2O2. The molecule has 34 heavy (non-hydrogen) atoms. The van der Waals surface area contributed by atoms with Crippen molar-refractivity contribution < 1.29 is 9.47 Å². The number of aryl methyl sites for hydroxylation is 4. The van der Waals surface area contributed by atoms with Crippen LogP contribution in [0, 0.1) is 20.8 Å². The molecule has 0 fully saturated rings. The van der Waals surface area contributed by atoms with Crippen molar-refractivity contribution in [1.29, 1.82) is 0 Å². The number of imidazole rings is 1. The van der Waals surface area contributed by atoms with Crippen LogP contribution in [0.25, 0.3) is 11.0 Å². The van der Waals surface area contributed by atoms with E-state index < -0.39 is 0 Å². The van der Waals surface area contributed by atoms with E-state index in [-0.39, 0.29) is 0 Å². The highest BCUT2D eigenvalue weighted by molar-refractivity contribution is 5.75. The molecule has 178 valence electrons. The molecule has 4 heteroatoms. The quantitative estimate of drug-likeness (QED) is 0.232. The number of nitrogens with zero attached hydrogens (tertiary/aromatic N) is 2. The molecule has 0 bridgehead atoms. The van der Waals surface area contributed by atoms with Crippen molar-refractivity contribution in [3.8, 4) is 11.5 Å². The molecule has 0 aliphatic rings. The minimum atomic E-state index is 0.409. The topological polar surface area (TPSA) is 36.3 Å². The molecule has 0 aliphatic carbocycles. The summed E-state index contributed by atoms with van der Waals surface area (Å²) in [6.07, 6.45) is 2.00. The van der Waals surface area contributed by atoms with Crippen molar-refractivity contribution >= 4 is 11.0 Å². The summed E-state index contributed by atoms with van der Waals surface area (Å²) in [7, 11) is 0. The molecule has 1 aromatic heterocycles. The van der Waals surface area contributed by atoms with Crippen molar-refractivity contribution in [2.45, 2.75) is 66.5 Å². The van der Waals surface area contributed by atoms with E-state index in [4.69, 9.17) is 14.5 Å². The zero-order valence-corrected chi connectivity index (χ0v) is 21.1. The summed E-state index contributed by atoms with van der Waals surface area (Å²) in [4.78, 5) is 4.90. The summed E-state index contributed by atoms with van der Waals surface area (Å²) in [6.45, 7) is 12.8. The van der Waals surface area contributed by atoms with Crippen LogP contribution < -0.4 is 9.47 Å². The molecule has 4 rings (SSSR count). The van der Waals surface area contributed by atoms with Gasteiger partial charge in [0.25, 0.3) is 0 Å². The van der Waals surface area contributed by atoms with Crippen molar-refractivity contribution in [2.75, 3.05) is 6.61 Å². The highest BCUT2D eigenvalue weighted by Crippen LogP contribution is 2.28. The molecule has 0 unspecified atom stereocenters. The van der Waals surface area contributed by atoms with E-state index in [1.165, 1.54) is 22.3 Å². The third-order valence-electron chi connectivity index (χ3n) is 6.40. The number of aromatic nitrogens is 2. The van der Waals surface area contributed by atoms with Gasteiger partial charge in [-0.1, -0.05) is 44.2 Å². The Kier molecular flexibility index (Phi) is 7.56. The van der Waals surface area contributed by atoms with Crippen LogP contribution in [0.1, 0.15) is 60.7 Å².